The van der Waals surface area contributed by atoms with E-state index in [1.165, 1.54) is 6.20 Å². The van der Waals surface area contributed by atoms with Gasteiger partial charge in [-0.2, -0.15) is 0 Å². The highest BCUT2D eigenvalue weighted by Gasteiger charge is 2.28. The quantitative estimate of drug-likeness (QED) is 0.874. The Kier molecular flexibility index (Phi) is 5.50. The van der Waals surface area contributed by atoms with Gasteiger partial charge in [0.05, 0.1) is 6.04 Å². The number of pyridine rings is 1. The molecule has 1 aromatic rings. The number of ether oxygens (including phenoxy) is 1. The van der Waals surface area contributed by atoms with Gasteiger partial charge >= 0.3 is 6.09 Å². The SMILES string of the molecule is CC(C)(C)C(COC(N)=O)NC(=O)c1ncccc1Br. The van der Waals surface area contributed by atoms with Crippen LogP contribution in [0.15, 0.2) is 22.8 Å². The van der Waals surface area contributed by atoms with Gasteiger partial charge in [-0.25, -0.2) is 9.78 Å². The van der Waals surface area contributed by atoms with E-state index in [-0.39, 0.29) is 29.7 Å². The maximum atomic E-state index is 12.2. The van der Waals surface area contributed by atoms with E-state index in [1.807, 2.05) is 20.8 Å². The molecule has 0 radical (unpaired) electrons. The lowest BCUT2D eigenvalue weighted by Gasteiger charge is -2.30. The van der Waals surface area contributed by atoms with Crippen molar-refractivity contribution in [3.8, 4) is 0 Å². The van der Waals surface area contributed by atoms with E-state index in [0.717, 1.165) is 0 Å². The second-order valence-corrected chi connectivity index (χ2v) is 6.21. The van der Waals surface area contributed by atoms with Gasteiger partial charge in [-0.15, -0.1) is 0 Å². The first kappa shape index (κ1) is 16.4. The molecule has 1 heterocycles. The molecule has 1 aromatic heterocycles. The van der Waals surface area contributed by atoms with E-state index >= 15 is 0 Å². The molecule has 1 rings (SSSR count). The van der Waals surface area contributed by atoms with Crippen LogP contribution in [0.25, 0.3) is 0 Å². The standard InChI is InChI=1S/C13H18BrN3O3/c1-13(2,3)9(7-20-12(15)19)17-11(18)10-8(14)5-4-6-16-10/h4-6,9H,7H2,1-3H3,(H2,15,19)(H,17,18). The van der Waals surface area contributed by atoms with Crippen molar-refractivity contribution < 1.29 is 14.3 Å². The van der Waals surface area contributed by atoms with Crippen molar-refractivity contribution in [1.82, 2.24) is 10.3 Å². The molecule has 7 heteroatoms. The lowest BCUT2D eigenvalue weighted by molar-refractivity contribution is 0.0799. The highest BCUT2D eigenvalue weighted by molar-refractivity contribution is 9.10. The summed E-state index contributed by atoms with van der Waals surface area (Å²) in [7, 11) is 0. The molecule has 0 aliphatic carbocycles. The third-order valence-corrected chi connectivity index (χ3v) is 3.36. The molecule has 0 fully saturated rings. The predicted octanol–water partition coefficient (Wildman–Crippen LogP) is 2.08. The molecule has 2 amide bonds. The van der Waals surface area contributed by atoms with Crippen molar-refractivity contribution in [2.45, 2.75) is 26.8 Å². The topological polar surface area (TPSA) is 94.3 Å². The summed E-state index contributed by atoms with van der Waals surface area (Å²) in [5.74, 6) is -0.342. The average molecular weight is 344 g/mol. The Morgan fingerprint density at radius 1 is 1.50 bits per heavy atom. The summed E-state index contributed by atoms with van der Waals surface area (Å²) < 4.78 is 5.39. The number of amides is 2. The fraction of sp³-hybridized carbons (Fsp3) is 0.462. The molecule has 20 heavy (non-hydrogen) atoms. The van der Waals surface area contributed by atoms with Crippen molar-refractivity contribution in [3.05, 3.63) is 28.5 Å². The third-order valence-electron chi connectivity index (χ3n) is 2.72. The predicted molar refractivity (Wildman–Crippen MR) is 78.2 cm³/mol. The van der Waals surface area contributed by atoms with Gasteiger partial charge in [-0.05, 0) is 33.5 Å². The van der Waals surface area contributed by atoms with Crippen molar-refractivity contribution in [1.29, 1.82) is 0 Å². The first-order chi connectivity index (χ1) is 9.21. The summed E-state index contributed by atoms with van der Waals surface area (Å²) in [5, 5.41) is 2.81. The zero-order chi connectivity index (χ0) is 15.3. The zero-order valence-corrected chi connectivity index (χ0v) is 13.2. The van der Waals surface area contributed by atoms with Crippen LogP contribution in [0.1, 0.15) is 31.3 Å². The minimum Gasteiger partial charge on any atom is -0.448 e. The van der Waals surface area contributed by atoms with Crippen LogP contribution < -0.4 is 11.1 Å². The number of carbonyl (C=O) groups is 2. The first-order valence-corrected chi connectivity index (χ1v) is 6.84. The minimum atomic E-state index is -0.868. The van der Waals surface area contributed by atoms with Crippen LogP contribution >= 0.6 is 15.9 Å². The number of carbonyl (C=O) groups excluding carboxylic acids is 2. The van der Waals surface area contributed by atoms with E-state index < -0.39 is 6.09 Å². The van der Waals surface area contributed by atoms with Crippen molar-refractivity contribution in [3.63, 3.8) is 0 Å². The van der Waals surface area contributed by atoms with Crippen LogP contribution in [-0.4, -0.2) is 29.6 Å². The van der Waals surface area contributed by atoms with Crippen molar-refractivity contribution >= 4 is 27.9 Å². The van der Waals surface area contributed by atoms with Gasteiger partial charge in [0.15, 0.2) is 0 Å². The van der Waals surface area contributed by atoms with Crippen LogP contribution in [0.2, 0.25) is 0 Å². The maximum absolute atomic E-state index is 12.2. The molecule has 0 saturated carbocycles. The fourth-order valence-electron chi connectivity index (χ4n) is 1.45. The number of aromatic nitrogens is 1. The highest BCUT2D eigenvalue weighted by Crippen LogP contribution is 2.21. The lowest BCUT2D eigenvalue weighted by atomic mass is 9.87. The number of nitrogens with one attached hydrogen (secondary N) is 1. The molecule has 110 valence electrons. The zero-order valence-electron chi connectivity index (χ0n) is 11.6. The van der Waals surface area contributed by atoms with Crippen LogP contribution in [0.3, 0.4) is 0 Å². The smallest absolute Gasteiger partial charge is 0.404 e. The van der Waals surface area contributed by atoms with E-state index in [0.29, 0.717) is 4.47 Å². The van der Waals surface area contributed by atoms with Crippen LogP contribution in [0.4, 0.5) is 4.79 Å². The molecule has 6 nitrogen and oxygen atoms in total. The molecular weight excluding hydrogens is 326 g/mol. The van der Waals surface area contributed by atoms with Crippen molar-refractivity contribution in [2.24, 2.45) is 11.1 Å². The molecule has 0 aliphatic rings. The number of primary amides is 1. The molecule has 1 atom stereocenters. The summed E-state index contributed by atoms with van der Waals surface area (Å²) >= 11 is 3.27. The number of rotatable bonds is 4. The second kappa shape index (κ2) is 6.69. The normalized spacial score (nSPS) is 12.6. The Morgan fingerprint density at radius 2 is 2.15 bits per heavy atom. The van der Waals surface area contributed by atoms with E-state index in [9.17, 15) is 9.59 Å². The number of halogens is 1. The Hall–Kier alpha value is -1.63. The van der Waals surface area contributed by atoms with Crippen LogP contribution in [-0.2, 0) is 4.74 Å². The van der Waals surface area contributed by atoms with Crippen LogP contribution in [0, 0.1) is 5.41 Å². The largest absolute Gasteiger partial charge is 0.448 e. The van der Waals surface area contributed by atoms with E-state index in [1.54, 1.807) is 12.1 Å². The van der Waals surface area contributed by atoms with Gasteiger partial charge in [0.2, 0.25) is 0 Å². The van der Waals surface area contributed by atoms with Crippen molar-refractivity contribution in [2.75, 3.05) is 6.61 Å². The summed E-state index contributed by atoms with van der Waals surface area (Å²) in [6.45, 7) is 5.79. The van der Waals surface area contributed by atoms with Gasteiger partial charge < -0.3 is 15.8 Å². The van der Waals surface area contributed by atoms with E-state index in [2.05, 4.69) is 26.2 Å². The van der Waals surface area contributed by atoms with Gasteiger partial charge in [-0.3, -0.25) is 4.79 Å². The molecule has 3 N–H and O–H groups in total. The molecule has 0 aliphatic heterocycles. The number of hydrogen-bond acceptors (Lipinski definition) is 4. The number of nitrogens with two attached hydrogens (primary N) is 1. The van der Waals surface area contributed by atoms with Gasteiger partial charge in [0, 0.05) is 10.7 Å². The third kappa shape index (κ3) is 4.80. The lowest BCUT2D eigenvalue weighted by Crippen LogP contribution is -2.47. The number of hydrogen-bond donors (Lipinski definition) is 2. The maximum Gasteiger partial charge on any atom is 0.404 e. The summed E-state index contributed by atoms with van der Waals surface area (Å²) in [5.41, 5.74) is 4.94. The fourth-order valence-corrected chi connectivity index (χ4v) is 1.89. The second-order valence-electron chi connectivity index (χ2n) is 5.36. The summed E-state index contributed by atoms with van der Waals surface area (Å²) in [6.07, 6.45) is 0.665. The molecule has 0 saturated heterocycles. The Morgan fingerprint density at radius 3 is 2.65 bits per heavy atom. The minimum absolute atomic E-state index is 0.00895. The average Bonchev–Trinajstić information content (AvgIpc) is 2.33. The molecule has 0 aromatic carbocycles. The molecule has 0 spiro atoms. The molecular formula is C13H18BrN3O3. The first-order valence-electron chi connectivity index (χ1n) is 6.05. The molecule has 0 bridgehead atoms. The Bertz CT molecular complexity index is 500. The van der Waals surface area contributed by atoms with Gasteiger partial charge in [-0.1, -0.05) is 20.8 Å². The summed E-state index contributed by atoms with van der Waals surface area (Å²) in [6, 6.07) is 3.07. The molecule has 1 unspecified atom stereocenters. The highest BCUT2D eigenvalue weighted by atomic mass is 79.9. The van der Waals surface area contributed by atoms with Gasteiger partial charge in [0.25, 0.3) is 5.91 Å². The van der Waals surface area contributed by atoms with Crippen LogP contribution in [0.5, 0.6) is 0 Å². The Balaban J connectivity index is 2.82. The Labute approximate surface area is 126 Å². The summed E-state index contributed by atoms with van der Waals surface area (Å²) in [4.78, 5) is 26.9. The van der Waals surface area contributed by atoms with Gasteiger partial charge in [0.1, 0.15) is 12.3 Å². The van der Waals surface area contributed by atoms with E-state index in [4.69, 9.17) is 10.5 Å². The monoisotopic (exact) mass is 343 g/mol. The number of nitrogens with zero attached hydrogens (tertiary/aromatic N) is 1.